The van der Waals surface area contributed by atoms with Crippen molar-refractivity contribution in [3.8, 4) is 0 Å². The predicted octanol–water partition coefficient (Wildman–Crippen LogP) is 4.57. The van der Waals surface area contributed by atoms with Crippen LogP contribution in [0.15, 0.2) is 91.0 Å². The SMILES string of the molecule is ClC(c1ccccc1)(c1ccccc1)c1ccccc1.[KH]. The van der Waals surface area contributed by atoms with Crippen molar-refractivity contribution in [3.05, 3.63) is 108 Å². The monoisotopic (exact) mass is 318 g/mol. The van der Waals surface area contributed by atoms with Crippen LogP contribution in [0.3, 0.4) is 0 Å². The van der Waals surface area contributed by atoms with Gasteiger partial charge in [-0.15, -0.1) is 11.6 Å². The molecule has 0 aliphatic heterocycles. The zero-order valence-electron chi connectivity index (χ0n) is 11.0. The molecule has 0 amide bonds. The molecule has 0 aromatic heterocycles. The summed E-state index contributed by atoms with van der Waals surface area (Å²) in [4.78, 5) is -0.649. The van der Waals surface area contributed by atoms with Crippen molar-refractivity contribution < 1.29 is 0 Å². The van der Waals surface area contributed by atoms with Crippen molar-refractivity contribution >= 4 is 63.0 Å². The molecule has 3 aromatic carbocycles. The fourth-order valence-electron chi connectivity index (χ4n) is 2.50. The van der Waals surface area contributed by atoms with Crippen LogP contribution in [0.25, 0.3) is 0 Å². The third-order valence-corrected chi connectivity index (χ3v) is 4.17. The zero-order chi connectivity index (χ0) is 13.8. The van der Waals surface area contributed by atoms with Crippen LogP contribution in [0.4, 0.5) is 0 Å². The van der Waals surface area contributed by atoms with Crippen molar-refractivity contribution in [2.75, 3.05) is 0 Å². The minimum absolute atomic E-state index is 0. The number of rotatable bonds is 3. The Balaban J connectivity index is 0.00000161. The van der Waals surface area contributed by atoms with Crippen LogP contribution >= 0.6 is 11.6 Å². The first-order valence-electron chi connectivity index (χ1n) is 6.67. The van der Waals surface area contributed by atoms with Crippen LogP contribution in [-0.2, 0) is 4.87 Å². The summed E-state index contributed by atoms with van der Waals surface area (Å²) in [6.07, 6.45) is 0. The van der Waals surface area contributed by atoms with Crippen molar-refractivity contribution in [3.63, 3.8) is 0 Å². The molecule has 0 bridgehead atoms. The molecule has 0 aliphatic carbocycles. The number of hydrogen-bond acceptors (Lipinski definition) is 0. The maximum atomic E-state index is 7.12. The summed E-state index contributed by atoms with van der Waals surface area (Å²) < 4.78 is 0. The minimum atomic E-state index is -0.649. The van der Waals surface area contributed by atoms with E-state index in [9.17, 15) is 0 Å². The van der Waals surface area contributed by atoms with Crippen LogP contribution in [0.1, 0.15) is 16.7 Å². The van der Waals surface area contributed by atoms with Gasteiger partial charge in [0.2, 0.25) is 0 Å². The van der Waals surface area contributed by atoms with E-state index in [1.165, 1.54) is 0 Å². The second kappa shape index (κ2) is 7.73. The molecule has 0 heterocycles. The summed E-state index contributed by atoms with van der Waals surface area (Å²) in [5.41, 5.74) is 3.25. The Labute approximate surface area is 173 Å². The normalized spacial score (nSPS) is 10.7. The first kappa shape index (κ1) is 16.9. The third kappa shape index (κ3) is 3.50. The molecular formula is C19H16ClK. The van der Waals surface area contributed by atoms with Crippen LogP contribution < -0.4 is 0 Å². The second-order valence-electron chi connectivity index (χ2n) is 4.76. The van der Waals surface area contributed by atoms with E-state index in [2.05, 4.69) is 36.4 Å². The average Bonchev–Trinajstić information content (AvgIpc) is 2.56. The molecule has 3 aromatic rings. The average molecular weight is 319 g/mol. The Morgan fingerprint density at radius 1 is 0.476 bits per heavy atom. The van der Waals surface area contributed by atoms with Crippen molar-refractivity contribution in [2.24, 2.45) is 0 Å². The van der Waals surface area contributed by atoms with Crippen molar-refractivity contribution in [1.82, 2.24) is 0 Å². The van der Waals surface area contributed by atoms with Gasteiger partial charge in [0.15, 0.2) is 0 Å². The molecule has 0 atom stereocenters. The van der Waals surface area contributed by atoms with Crippen LogP contribution in [0.2, 0.25) is 0 Å². The summed E-state index contributed by atoms with van der Waals surface area (Å²) in [5.74, 6) is 0. The predicted molar refractivity (Wildman–Crippen MR) is 92.2 cm³/mol. The van der Waals surface area contributed by atoms with E-state index in [4.69, 9.17) is 11.6 Å². The number of hydrogen-bond donors (Lipinski definition) is 0. The molecule has 0 fully saturated rings. The number of benzene rings is 3. The fourth-order valence-corrected chi connectivity index (χ4v) is 2.88. The van der Waals surface area contributed by atoms with Gasteiger partial charge < -0.3 is 0 Å². The van der Waals surface area contributed by atoms with E-state index in [-0.39, 0.29) is 51.4 Å². The van der Waals surface area contributed by atoms with Gasteiger partial charge >= 0.3 is 51.4 Å². The van der Waals surface area contributed by atoms with Crippen LogP contribution in [0, 0.1) is 0 Å². The molecule has 0 saturated heterocycles. The molecule has 0 nitrogen and oxygen atoms in total. The summed E-state index contributed by atoms with van der Waals surface area (Å²) >= 11 is 7.12. The van der Waals surface area contributed by atoms with Crippen molar-refractivity contribution in [2.45, 2.75) is 4.87 Å². The first-order chi connectivity index (χ1) is 9.82. The van der Waals surface area contributed by atoms with E-state index in [0.29, 0.717) is 0 Å². The van der Waals surface area contributed by atoms with Gasteiger partial charge in [0.1, 0.15) is 4.87 Å². The fraction of sp³-hybridized carbons (Fsp3) is 0.0526. The number of halogens is 1. The van der Waals surface area contributed by atoms with E-state index >= 15 is 0 Å². The molecule has 100 valence electrons. The summed E-state index contributed by atoms with van der Waals surface area (Å²) in [6.45, 7) is 0. The van der Waals surface area contributed by atoms with Crippen LogP contribution in [0.5, 0.6) is 0 Å². The molecule has 3 rings (SSSR count). The summed E-state index contributed by atoms with van der Waals surface area (Å²) in [7, 11) is 0. The molecule has 0 unspecified atom stereocenters. The molecule has 0 aliphatic rings. The number of alkyl halides is 1. The van der Waals surface area contributed by atoms with Gasteiger partial charge in [-0.2, -0.15) is 0 Å². The van der Waals surface area contributed by atoms with Gasteiger partial charge in [-0.25, -0.2) is 0 Å². The standard InChI is InChI=1S/C19H15Cl.K.H/c20-19(16-10-4-1-5-11-16,17-12-6-2-7-13-17)18-14-8-3-9-15-18;;/h1-15H;;. The Hall–Kier alpha value is -0.414. The molecule has 0 N–H and O–H groups in total. The Bertz CT molecular complexity index is 569. The van der Waals surface area contributed by atoms with E-state index in [1.54, 1.807) is 0 Å². The molecule has 2 heteroatoms. The van der Waals surface area contributed by atoms with Gasteiger partial charge in [0.05, 0.1) is 0 Å². The molecule has 0 spiro atoms. The van der Waals surface area contributed by atoms with E-state index in [1.807, 2.05) is 54.6 Å². The van der Waals surface area contributed by atoms with Gasteiger partial charge in [-0.3, -0.25) is 0 Å². The van der Waals surface area contributed by atoms with Gasteiger partial charge in [-0.05, 0) is 16.7 Å². The van der Waals surface area contributed by atoms with E-state index in [0.717, 1.165) is 16.7 Å². The quantitative estimate of drug-likeness (QED) is 0.377. The first-order valence-corrected chi connectivity index (χ1v) is 7.05. The van der Waals surface area contributed by atoms with Gasteiger partial charge in [0.25, 0.3) is 0 Å². The molecule has 0 saturated carbocycles. The van der Waals surface area contributed by atoms with Crippen LogP contribution in [-0.4, -0.2) is 51.4 Å². The third-order valence-electron chi connectivity index (χ3n) is 3.51. The van der Waals surface area contributed by atoms with Crippen molar-refractivity contribution in [1.29, 1.82) is 0 Å². The molecule has 0 radical (unpaired) electrons. The summed E-state index contributed by atoms with van der Waals surface area (Å²) in [6, 6.07) is 30.6. The van der Waals surface area contributed by atoms with Gasteiger partial charge in [0, 0.05) is 0 Å². The Morgan fingerprint density at radius 2 is 0.714 bits per heavy atom. The Kier molecular flexibility index (Phi) is 6.24. The topological polar surface area (TPSA) is 0 Å². The molecule has 21 heavy (non-hydrogen) atoms. The maximum absolute atomic E-state index is 7.12. The summed E-state index contributed by atoms with van der Waals surface area (Å²) in [5, 5.41) is 0. The molecular weight excluding hydrogens is 303 g/mol. The van der Waals surface area contributed by atoms with E-state index < -0.39 is 4.87 Å². The Morgan fingerprint density at radius 3 is 0.952 bits per heavy atom. The van der Waals surface area contributed by atoms with Gasteiger partial charge in [-0.1, -0.05) is 91.0 Å². The zero-order valence-corrected chi connectivity index (χ0v) is 11.8. The second-order valence-corrected chi connectivity index (χ2v) is 5.32.